The van der Waals surface area contributed by atoms with E-state index in [1.807, 2.05) is 30.3 Å². The second-order valence-corrected chi connectivity index (χ2v) is 7.18. The Bertz CT molecular complexity index is 1180. The van der Waals surface area contributed by atoms with Crippen LogP contribution >= 0.6 is 0 Å². The van der Waals surface area contributed by atoms with Gasteiger partial charge in [0.05, 0.1) is 30.3 Å². The predicted molar refractivity (Wildman–Crippen MR) is 117 cm³/mol. The van der Waals surface area contributed by atoms with Gasteiger partial charge in [0.1, 0.15) is 0 Å². The number of anilines is 3. The number of aromatic nitrogens is 2. The van der Waals surface area contributed by atoms with E-state index in [0.717, 1.165) is 22.5 Å². The van der Waals surface area contributed by atoms with Crippen LogP contribution in [-0.2, 0) is 11.2 Å². The summed E-state index contributed by atoms with van der Waals surface area (Å²) in [5.41, 5.74) is 4.29. The Balaban J connectivity index is 1.55. The number of amides is 2. The molecule has 0 saturated heterocycles. The maximum absolute atomic E-state index is 12.4. The van der Waals surface area contributed by atoms with Gasteiger partial charge in [0, 0.05) is 42.2 Å². The summed E-state index contributed by atoms with van der Waals surface area (Å²) < 4.78 is 0. The number of carbonyl (C=O) groups excluding carboxylic acids is 2. The molecule has 0 bridgehead atoms. The Labute approximate surface area is 179 Å². The number of nitriles is 1. The van der Waals surface area contributed by atoms with Crippen molar-refractivity contribution in [1.29, 1.82) is 5.26 Å². The lowest BCUT2D eigenvalue weighted by Crippen LogP contribution is -2.27. The molecule has 0 fully saturated rings. The third-order valence-electron chi connectivity index (χ3n) is 4.97. The van der Waals surface area contributed by atoms with Gasteiger partial charge in [-0.15, -0.1) is 0 Å². The summed E-state index contributed by atoms with van der Waals surface area (Å²) in [6.45, 7) is 0.386. The first-order valence-corrected chi connectivity index (χ1v) is 9.80. The summed E-state index contributed by atoms with van der Waals surface area (Å²) >= 11 is 0. The molecule has 0 radical (unpaired) electrons. The smallest absolute Gasteiger partial charge is 0.253 e. The maximum Gasteiger partial charge on any atom is 0.253 e. The van der Waals surface area contributed by atoms with E-state index < -0.39 is 0 Å². The number of nitrogens with zero attached hydrogens (tertiary/aromatic N) is 4. The van der Waals surface area contributed by atoms with Crippen molar-refractivity contribution < 1.29 is 9.59 Å². The Kier molecular flexibility index (Phi) is 5.58. The first-order chi connectivity index (χ1) is 15.0. The van der Waals surface area contributed by atoms with Crippen molar-refractivity contribution in [2.45, 2.75) is 12.8 Å². The van der Waals surface area contributed by atoms with Crippen LogP contribution in [0.15, 0.2) is 54.7 Å². The molecule has 154 valence electrons. The molecule has 1 aliphatic heterocycles. The Hall–Kier alpha value is -4.25. The van der Waals surface area contributed by atoms with E-state index in [4.69, 9.17) is 5.26 Å². The lowest BCUT2D eigenvalue weighted by Gasteiger charge is -2.15. The van der Waals surface area contributed by atoms with E-state index in [2.05, 4.69) is 20.6 Å². The van der Waals surface area contributed by atoms with Crippen molar-refractivity contribution in [2.24, 2.45) is 0 Å². The third kappa shape index (κ3) is 4.36. The van der Waals surface area contributed by atoms with Crippen LogP contribution in [0.1, 0.15) is 22.3 Å². The maximum atomic E-state index is 12.4. The minimum Gasteiger partial charge on any atom is -0.341 e. The van der Waals surface area contributed by atoms with Gasteiger partial charge >= 0.3 is 0 Å². The van der Waals surface area contributed by atoms with Crippen molar-refractivity contribution in [2.75, 3.05) is 24.2 Å². The minimum atomic E-state index is -0.142. The van der Waals surface area contributed by atoms with E-state index in [1.54, 1.807) is 37.5 Å². The molecule has 2 aromatic carbocycles. The molecule has 8 heteroatoms. The summed E-state index contributed by atoms with van der Waals surface area (Å²) in [6, 6.07) is 16.6. The van der Waals surface area contributed by atoms with Gasteiger partial charge in [0.15, 0.2) is 0 Å². The zero-order valence-corrected chi connectivity index (χ0v) is 16.9. The van der Waals surface area contributed by atoms with Gasteiger partial charge in [-0.2, -0.15) is 5.26 Å². The Morgan fingerprint density at radius 2 is 2.00 bits per heavy atom. The minimum absolute atomic E-state index is 0.101. The predicted octanol–water partition coefficient (Wildman–Crippen LogP) is 3.37. The average molecular weight is 412 g/mol. The van der Waals surface area contributed by atoms with Crippen LogP contribution < -0.4 is 10.6 Å². The molecule has 0 unspecified atom stereocenters. The molecule has 1 aliphatic rings. The highest BCUT2D eigenvalue weighted by atomic mass is 16.2. The van der Waals surface area contributed by atoms with Gasteiger partial charge in [-0.1, -0.05) is 18.2 Å². The molecule has 0 spiro atoms. The van der Waals surface area contributed by atoms with Crippen LogP contribution in [0, 0.1) is 11.3 Å². The molecule has 2 N–H and O–H groups in total. The zero-order valence-electron chi connectivity index (χ0n) is 16.9. The van der Waals surface area contributed by atoms with E-state index >= 15 is 0 Å². The van der Waals surface area contributed by atoms with Gasteiger partial charge in [-0.05, 0) is 30.3 Å². The number of carbonyl (C=O) groups is 2. The van der Waals surface area contributed by atoms with Gasteiger partial charge in [0.25, 0.3) is 5.91 Å². The quantitative estimate of drug-likeness (QED) is 0.665. The standard InChI is InChI=1S/C23H20N6O2/c1-29(12-4-11-24)22(31)15-7-9-17(10-8-15)26-23-25-14-16-13-20(30)27-19-6-3-2-5-18(19)21(16)28-23/h2-3,5-10,14H,4,12-13H2,1H3,(H,27,30)(H,25,26,28). The van der Waals surface area contributed by atoms with Gasteiger partial charge in [0.2, 0.25) is 11.9 Å². The van der Waals surface area contributed by atoms with Crippen molar-refractivity contribution >= 4 is 29.1 Å². The van der Waals surface area contributed by atoms with Crippen molar-refractivity contribution in [3.8, 4) is 17.3 Å². The second kappa shape index (κ2) is 8.63. The second-order valence-electron chi connectivity index (χ2n) is 7.18. The van der Waals surface area contributed by atoms with Crippen LogP contribution in [0.2, 0.25) is 0 Å². The van der Waals surface area contributed by atoms with Crippen molar-refractivity contribution in [3.63, 3.8) is 0 Å². The SMILES string of the molecule is CN(CCC#N)C(=O)c1ccc(Nc2ncc3c(n2)-c2ccccc2NC(=O)C3)cc1. The van der Waals surface area contributed by atoms with Gasteiger partial charge in [-0.25, -0.2) is 9.97 Å². The molecule has 4 rings (SSSR count). The number of para-hydroxylation sites is 1. The number of hydrogen-bond acceptors (Lipinski definition) is 6. The lowest BCUT2D eigenvalue weighted by molar-refractivity contribution is -0.115. The monoisotopic (exact) mass is 412 g/mol. The molecule has 31 heavy (non-hydrogen) atoms. The zero-order chi connectivity index (χ0) is 21.8. The summed E-state index contributed by atoms with van der Waals surface area (Å²) in [6.07, 6.45) is 2.16. The van der Waals surface area contributed by atoms with Crippen LogP contribution in [0.4, 0.5) is 17.3 Å². The van der Waals surface area contributed by atoms with Crippen molar-refractivity contribution in [1.82, 2.24) is 14.9 Å². The van der Waals surface area contributed by atoms with Gasteiger partial charge < -0.3 is 15.5 Å². The van der Waals surface area contributed by atoms with Crippen molar-refractivity contribution in [3.05, 3.63) is 65.9 Å². The highest BCUT2D eigenvalue weighted by Gasteiger charge is 2.20. The molecule has 0 saturated carbocycles. The fraction of sp³-hybridized carbons (Fsp3) is 0.174. The lowest BCUT2D eigenvalue weighted by atomic mass is 10.1. The fourth-order valence-corrected chi connectivity index (χ4v) is 3.36. The molecule has 0 atom stereocenters. The Morgan fingerprint density at radius 1 is 1.23 bits per heavy atom. The van der Waals surface area contributed by atoms with E-state index in [1.165, 1.54) is 4.90 Å². The van der Waals surface area contributed by atoms with Crippen LogP contribution in [0.25, 0.3) is 11.3 Å². The topological polar surface area (TPSA) is 111 Å². The van der Waals surface area contributed by atoms with E-state index in [0.29, 0.717) is 30.2 Å². The highest BCUT2D eigenvalue weighted by Crippen LogP contribution is 2.32. The molecule has 0 aliphatic carbocycles. The number of hydrogen-bond donors (Lipinski definition) is 2. The summed E-state index contributed by atoms with van der Waals surface area (Å²) in [4.78, 5) is 35.1. The first-order valence-electron chi connectivity index (χ1n) is 9.80. The number of rotatable bonds is 5. The van der Waals surface area contributed by atoms with Crippen LogP contribution in [-0.4, -0.2) is 40.3 Å². The summed E-state index contributed by atoms with van der Waals surface area (Å²) in [5.74, 6) is 0.153. The normalized spacial score (nSPS) is 11.9. The molecular formula is C23H20N6O2. The molecule has 2 heterocycles. The number of benzene rings is 2. The molecule has 3 aromatic rings. The van der Waals surface area contributed by atoms with Crippen LogP contribution in [0.3, 0.4) is 0 Å². The average Bonchev–Trinajstić information content (AvgIpc) is 2.92. The molecule has 1 aromatic heterocycles. The van der Waals surface area contributed by atoms with Gasteiger partial charge in [-0.3, -0.25) is 9.59 Å². The summed E-state index contributed by atoms with van der Waals surface area (Å²) in [7, 11) is 1.67. The molecule has 8 nitrogen and oxygen atoms in total. The number of fused-ring (bicyclic) bond motifs is 3. The van der Waals surface area contributed by atoms with E-state index in [9.17, 15) is 9.59 Å². The molecule has 2 amide bonds. The van der Waals surface area contributed by atoms with E-state index in [-0.39, 0.29) is 18.2 Å². The third-order valence-corrected chi connectivity index (χ3v) is 4.97. The first kappa shape index (κ1) is 20.0. The highest BCUT2D eigenvalue weighted by molar-refractivity contribution is 6.00. The summed E-state index contributed by atoms with van der Waals surface area (Å²) in [5, 5.41) is 14.7. The fourth-order valence-electron chi connectivity index (χ4n) is 3.36. The van der Waals surface area contributed by atoms with Crippen LogP contribution in [0.5, 0.6) is 0 Å². The molecular weight excluding hydrogens is 392 g/mol. The Morgan fingerprint density at radius 3 is 2.77 bits per heavy atom. The largest absolute Gasteiger partial charge is 0.341 e. The number of nitrogens with one attached hydrogen (secondary N) is 2.